The summed E-state index contributed by atoms with van der Waals surface area (Å²) < 4.78 is 0. The minimum Gasteiger partial charge on any atom is -0.246 e. The van der Waals surface area contributed by atoms with Gasteiger partial charge in [0.05, 0.1) is 16.8 Å². The van der Waals surface area contributed by atoms with E-state index in [0.717, 1.165) is 11.4 Å². The van der Waals surface area contributed by atoms with Gasteiger partial charge in [-0.15, -0.1) is 11.3 Å². The predicted octanol–water partition coefficient (Wildman–Crippen LogP) is 3.57. The highest BCUT2D eigenvalue weighted by molar-refractivity contribution is 7.11. The zero-order valence-corrected chi connectivity index (χ0v) is 9.94. The molecule has 1 aromatic heterocycles. The van der Waals surface area contributed by atoms with Crippen molar-refractivity contribution in [2.75, 3.05) is 0 Å². The lowest BCUT2D eigenvalue weighted by molar-refractivity contribution is 0.694. The van der Waals surface area contributed by atoms with E-state index >= 15 is 0 Å². The van der Waals surface area contributed by atoms with Crippen molar-refractivity contribution in [3.63, 3.8) is 0 Å². The van der Waals surface area contributed by atoms with Crippen LogP contribution in [-0.2, 0) is 6.42 Å². The summed E-state index contributed by atoms with van der Waals surface area (Å²) in [5, 5.41) is 9.69. The molecule has 0 spiro atoms. The van der Waals surface area contributed by atoms with Crippen LogP contribution in [-0.4, -0.2) is 4.98 Å². The summed E-state index contributed by atoms with van der Waals surface area (Å²) in [5.41, 5.74) is 1.32. The Morgan fingerprint density at radius 3 is 2.87 bits per heavy atom. The fourth-order valence-electron chi connectivity index (χ4n) is 2.31. The number of aryl methyl sites for hydroxylation is 2. The van der Waals surface area contributed by atoms with Gasteiger partial charge in [0.2, 0.25) is 0 Å². The van der Waals surface area contributed by atoms with Gasteiger partial charge in [-0.25, -0.2) is 4.98 Å². The first-order valence-electron chi connectivity index (χ1n) is 5.64. The Hall–Kier alpha value is -0.880. The minimum atomic E-state index is 0.594. The molecule has 0 radical (unpaired) electrons. The van der Waals surface area contributed by atoms with E-state index in [-0.39, 0.29) is 0 Å². The third-order valence-corrected chi connectivity index (χ3v) is 4.12. The van der Waals surface area contributed by atoms with Crippen LogP contribution in [0.1, 0.15) is 53.6 Å². The van der Waals surface area contributed by atoms with Gasteiger partial charge < -0.3 is 0 Å². The molecule has 0 unspecified atom stereocenters. The van der Waals surface area contributed by atoms with Gasteiger partial charge >= 0.3 is 0 Å². The van der Waals surface area contributed by atoms with E-state index in [1.54, 1.807) is 11.3 Å². The molecule has 0 aromatic carbocycles. The van der Waals surface area contributed by atoms with Crippen LogP contribution in [0.2, 0.25) is 0 Å². The minimum absolute atomic E-state index is 0.594. The molecular weight excluding hydrogens is 204 g/mol. The first-order valence-corrected chi connectivity index (χ1v) is 6.46. The number of nitriles is 1. The summed E-state index contributed by atoms with van der Waals surface area (Å²) in [6, 6.07) is 2.18. The molecule has 0 saturated heterocycles. The second kappa shape index (κ2) is 4.76. The normalized spacial score (nSPS) is 16.8. The Labute approximate surface area is 95.0 Å². The average Bonchev–Trinajstić information content (AvgIpc) is 2.83. The van der Waals surface area contributed by atoms with E-state index in [0.29, 0.717) is 12.3 Å². The van der Waals surface area contributed by atoms with Crippen LogP contribution in [0, 0.1) is 18.3 Å². The molecular formula is C12H16N2S. The van der Waals surface area contributed by atoms with Crippen LogP contribution in [0.3, 0.4) is 0 Å². The largest absolute Gasteiger partial charge is 0.246 e. The molecule has 1 aliphatic rings. The number of hydrogen-bond acceptors (Lipinski definition) is 3. The lowest BCUT2D eigenvalue weighted by Crippen LogP contribution is -1.95. The maximum Gasteiger partial charge on any atom is 0.0941 e. The Bertz CT molecular complexity index is 369. The zero-order chi connectivity index (χ0) is 10.7. The van der Waals surface area contributed by atoms with Crippen LogP contribution in [0.5, 0.6) is 0 Å². The summed E-state index contributed by atoms with van der Waals surface area (Å²) in [5.74, 6) is 0.706. The van der Waals surface area contributed by atoms with Gasteiger partial charge in [-0.3, -0.25) is 0 Å². The number of rotatable bonds is 3. The van der Waals surface area contributed by atoms with E-state index in [9.17, 15) is 0 Å². The summed E-state index contributed by atoms with van der Waals surface area (Å²) in [6.45, 7) is 2.17. The first kappa shape index (κ1) is 10.6. The van der Waals surface area contributed by atoms with Gasteiger partial charge in [-0.05, 0) is 19.8 Å². The number of nitrogens with zero attached hydrogens (tertiary/aromatic N) is 2. The maximum atomic E-state index is 8.54. The van der Waals surface area contributed by atoms with Crippen molar-refractivity contribution >= 4 is 11.3 Å². The summed E-state index contributed by atoms with van der Waals surface area (Å²) in [4.78, 5) is 6.07. The molecule has 1 saturated carbocycles. The molecule has 0 amide bonds. The maximum absolute atomic E-state index is 8.54. The van der Waals surface area contributed by atoms with Crippen LogP contribution in [0.25, 0.3) is 0 Å². The number of hydrogen-bond donors (Lipinski definition) is 0. The van der Waals surface area contributed by atoms with Gasteiger partial charge in [0, 0.05) is 23.6 Å². The van der Waals surface area contributed by atoms with Gasteiger partial charge in [0.1, 0.15) is 0 Å². The number of aromatic nitrogens is 1. The van der Waals surface area contributed by atoms with Crippen LogP contribution >= 0.6 is 11.3 Å². The smallest absolute Gasteiger partial charge is 0.0941 e. The molecule has 2 nitrogen and oxygen atoms in total. The molecule has 3 heteroatoms. The first-order chi connectivity index (χ1) is 7.31. The Kier molecular flexibility index (Phi) is 3.37. The quantitative estimate of drug-likeness (QED) is 0.781. The van der Waals surface area contributed by atoms with Crippen molar-refractivity contribution in [1.82, 2.24) is 4.98 Å². The highest BCUT2D eigenvalue weighted by Crippen LogP contribution is 2.36. The van der Waals surface area contributed by atoms with E-state index in [2.05, 4.69) is 13.0 Å². The molecule has 2 rings (SSSR count). The zero-order valence-electron chi connectivity index (χ0n) is 9.12. The van der Waals surface area contributed by atoms with E-state index in [1.165, 1.54) is 36.3 Å². The standard InChI is InChI=1S/C12H16N2S/c1-9-12(10-5-2-3-6-10)14-11(15-9)7-4-8-13/h10H,2-7H2,1H3. The fourth-order valence-corrected chi connectivity index (χ4v) is 3.33. The van der Waals surface area contributed by atoms with Crippen molar-refractivity contribution in [2.45, 2.75) is 51.4 Å². The molecule has 1 aliphatic carbocycles. The fraction of sp³-hybridized carbons (Fsp3) is 0.667. The van der Waals surface area contributed by atoms with Crippen molar-refractivity contribution in [3.05, 3.63) is 15.6 Å². The summed E-state index contributed by atoms with van der Waals surface area (Å²) in [7, 11) is 0. The Balaban J connectivity index is 2.10. The Morgan fingerprint density at radius 1 is 1.47 bits per heavy atom. The van der Waals surface area contributed by atoms with Crippen molar-refractivity contribution < 1.29 is 0 Å². The molecule has 0 N–H and O–H groups in total. The molecule has 0 bridgehead atoms. The SMILES string of the molecule is Cc1sc(CCC#N)nc1C1CCCC1. The molecule has 1 aromatic rings. The monoisotopic (exact) mass is 220 g/mol. The van der Waals surface area contributed by atoms with Crippen LogP contribution in [0.4, 0.5) is 0 Å². The highest BCUT2D eigenvalue weighted by Gasteiger charge is 2.21. The number of thiazole rings is 1. The predicted molar refractivity (Wildman–Crippen MR) is 62.0 cm³/mol. The van der Waals surface area contributed by atoms with E-state index in [1.807, 2.05) is 0 Å². The van der Waals surface area contributed by atoms with Gasteiger partial charge in [0.25, 0.3) is 0 Å². The molecule has 15 heavy (non-hydrogen) atoms. The van der Waals surface area contributed by atoms with Crippen molar-refractivity contribution in [3.8, 4) is 6.07 Å². The Morgan fingerprint density at radius 2 is 2.20 bits per heavy atom. The molecule has 0 atom stereocenters. The van der Waals surface area contributed by atoms with Crippen molar-refractivity contribution in [1.29, 1.82) is 5.26 Å². The topological polar surface area (TPSA) is 36.7 Å². The third kappa shape index (κ3) is 2.38. The second-order valence-electron chi connectivity index (χ2n) is 4.19. The van der Waals surface area contributed by atoms with Crippen molar-refractivity contribution in [2.24, 2.45) is 0 Å². The summed E-state index contributed by atoms with van der Waals surface area (Å²) in [6.07, 6.45) is 6.75. The molecule has 80 valence electrons. The second-order valence-corrected chi connectivity index (χ2v) is 5.48. The van der Waals surface area contributed by atoms with Crippen LogP contribution in [0.15, 0.2) is 0 Å². The highest BCUT2D eigenvalue weighted by atomic mass is 32.1. The molecule has 1 fully saturated rings. The van der Waals surface area contributed by atoms with E-state index < -0.39 is 0 Å². The lowest BCUT2D eigenvalue weighted by atomic mass is 10.0. The van der Waals surface area contributed by atoms with Crippen LogP contribution < -0.4 is 0 Å². The van der Waals surface area contributed by atoms with Gasteiger partial charge in [-0.1, -0.05) is 12.8 Å². The average molecular weight is 220 g/mol. The lowest BCUT2D eigenvalue weighted by Gasteiger charge is -2.05. The third-order valence-electron chi connectivity index (χ3n) is 3.07. The van der Waals surface area contributed by atoms with E-state index in [4.69, 9.17) is 10.2 Å². The molecule has 1 heterocycles. The van der Waals surface area contributed by atoms with Gasteiger partial charge in [-0.2, -0.15) is 5.26 Å². The summed E-state index contributed by atoms with van der Waals surface area (Å²) >= 11 is 1.78. The van der Waals surface area contributed by atoms with Gasteiger partial charge in [0.15, 0.2) is 0 Å². The molecule has 0 aliphatic heterocycles.